The Morgan fingerprint density at radius 2 is 2.33 bits per heavy atom. The number of rotatable bonds is 3. The van der Waals surface area contributed by atoms with Crippen LogP contribution < -0.4 is 10.5 Å². The average Bonchev–Trinajstić information content (AvgIpc) is 2.04. The molecule has 3 N–H and O–H groups in total. The third-order valence-corrected chi connectivity index (χ3v) is 1.45. The minimum absolute atomic E-state index is 0.00873. The lowest BCUT2D eigenvalue weighted by atomic mass is 10.3. The van der Waals surface area contributed by atoms with Crippen molar-refractivity contribution >= 4 is 5.69 Å². The molecule has 3 nitrogen and oxygen atoms in total. The van der Waals surface area contributed by atoms with Gasteiger partial charge in [0, 0.05) is 11.8 Å². The Bertz CT molecular complexity index is 250. The fraction of sp³-hybridized carbons (Fsp3) is 0.333. The van der Waals surface area contributed by atoms with E-state index in [9.17, 15) is 0 Å². The van der Waals surface area contributed by atoms with Crippen molar-refractivity contribution in [1.29, 1.82) is 0 Å². The van der Waals surface area contributed by atoms with Crippen molar-refractivity contribution in [1.82, 2.24) is 0 Å². The van der Waals surface area contributed by atoms with E-state index in [1.807, 2.05) is 12.1 Å². The number of nitrogen functional groups attached to an aromatic ring is 1. The Morgan fingerprint density at radius 1 is 1.58 bits per heavy atom. The molecule has 1 aromatic rings. The fourth-order valence-corrected chi connectivity index (χ4v) is 0.857. The molecule has 0 aliphatic carbocycles. The molecule has 0 saturated carbocycles. The molecule has 3 heteroatoms. The van der Waals surface area contributed by atoms with Crippen LogP contribution >= 0.6 is 0 Å². The van der Waals surface area contributed by atoms with E-state index in [4.69, 9.17) is 15.6 Å². The van der Waals surface area contributed by atoms with Gasteiger partial charge in [-0.25, -0.2) is 0 Å². The minimum atomic E-state index is -0.188. The highest BCUT2D eigenvalue weighted by atomic mass is 16.5. The van der Waals surface area contributed by atoms with Crippen molar-refractivity contribution in [2.75, 3.05) is 12.3 Å². The first-order valence-corrected chi connectivity index (χ1v) is 3.85. The lowest BCUT2D eigenvalue weighted by molar-refractivity contribution is 0.130. The van der Waals surface area contributed by atoms with E-state index in [0.29, 0.717) is 11.4 Å². The molecule has 0 radical (unpaired) electrons. The molecule has 0 aliphatic heterocycles. The molecule has 0 amide bonds. The highest BCUT2D eigenvalue weighted by Gasteiger charge is 2.00. The summed E-state index contributed by atoms with van der Waals surface area (Å²) in [7, 11) is 0. The minimum Gasteiger partial charge on any atom is -0.488 e. The Hall–Kier alpha value is -1.22. The zero-order chi connectivity index (χ0) is 8.97. The van der Waals surface area contributed by atoms with Gasteiger partial charge in [0.2, 0.25) is 0 Å². The summed E-state index contributed by atoms with van der Waals surface area (Å²) in [6.07, 6.45) is -0.188. The molecule has 12 heavy (non-hydrogen) atoms. The molecule has 1 rings (SSSR count). The third kappa shape index (κ3) is 2.43. The normalized spacial score (nSPS) is 12.5. The van der Waals surface area contributed by atoms with Crippen molar-refractivity contribution < 1.29 is 9.84 Å². The van der Waals surface area contributed by atoms with Crippen LogP contribution in [0.4, 0.5) is 5.69 Å². The van der Waals surface area contributed by atoms with Crippen molar-refractivity contribution in [3.8, 4) is 5.75 Å². The second-order valence-electron chi connectivity index (χ2n) is 2.68. The van der Waals surface area contributed by atoms with Crippen LogP contribution in [-0.4, -0.2) is 17.8 Å². The maximum absolute atomic E-state index is 8.71. The molecular formula is C9H13NO2. The maximum Gasteiger partial charge on any atom is 0.121 e. The van der Waals surface area contributed by atoms with Crippen LogP contribution in [0.2, 0.25) is 0 Å². The van der Waals surface area contributed by atoms with Gasteiger partial charge >= 0.3 is 0 Å². The number of nitrogens with two attached hydrogens (primary N) is 1. The number of hydrogen-bond donors (Lipinski definition) is 2. The van der Waals surface area contributed by atoms with E-state index < -0.39 is 0 Å². The molecule has 0 bridgehead atoms. The maximum atomic E-state index is 8.71. The van der Waals surface area contributed by atoms with E-state index in [1.54, 1.807) is 19.1 Å². The number of benzene rings is 1. The monoisotopic (exact) mass is 167 g/mol. The van der Waals surface area contributed by atoms with E-state index in [-0.39, 0.29) is 12.7 Å². The SMILES string of the molecule is CC(CO)Oc1cccc(N)c1. The quantitative estimate of drug-likeness (QED) is 0.661. The van der Waals surface area contributed by atoms with Gasteiger partial charge < -0.3 is 15.6 Å². The van der Waals surface area contributed by atoms with Crippen LogP contribution in [0.1, 0.15) is 6.92 Å². The first kappa shape index (κ1) is 8.87. The molecule has 0 spiro atoms. The zero-order valence-corrected chi connectivity index (χ0v) is 7.03. The van der Waals surface area contributed by atoms with Gasteiger partial charge in [-0.3, -0.25) is 0 Å². The summed E-state index contributed by atoms with van der Waals surface area (Å²) in [5, 5.41) is 8.71. The van der Waals surface area contributed by atoms with Crippen molar-refractivity contribution in [3.05, 3.63) is 24.3 Å². The zero-order valence-electron chi connectivity index (χ0n) is 7.03. The first-order chi connectivity index (χ1) is 5.72. The Morgan fingerprint density at radius 3 is 2.92 bits per heavy atom. The van der Waals surface area contributed by atoms with Crippen LogP contribution in [0.25, 0.3) is 0 Å². The third-order valence-electron chi connectivity index (χ3n) is 1.45. The van der Waals surface area contributed by atoms with Crippen LogP contribution in [0, 0.1) is 0 Å². The molecule has 1 aromatic carbocycles. The van der Waals surface area contributed by atoms with E-state index in [2.05, 4.69) is 0 Å². The Labute approximate surface area is 71.8 Å². The second-order valence-corrected chi connectivity index (χ2v) is 2.68. The van der Waals surface area contributed by atoms with Gasteiger partial charge in [-0.15, -0.1) is 0 Å². The molecule has 1 atom stereocenters. The van der Waals surface area contributed by atoms with Crippen LogP contribution in [0.5, 0.6) is 5.75 Å². The largest absolute Gasteiger partial charge is 0.488 e. The number of ether oxygens (including phenoxy) is 1. The fourth-order valence-electron chi connectivity index (χ4n) is 0.857. The summed E-state index contributed by atoms with van der Waals surface area (Å²) in [6.45, 7) is 1.80. The van der Waals surface area contributed by atoms with Crippen LogP contribution in [0.3, 0.4) is 0 Å². The van der Waals surface area contributed by atoms with Gasteiger partial charge in [-0.2, -0.15) is 0 Å². The van der Waals surface area contributed by atoms with Gasteiger partial charge in [-0.05, 0) is 19.1 Å². The predicted molar refractivity (Wildman–Crippen MR) is 48.0 cm³/mol. The molecule has 66 valence electrons. The Kier molecular flexibility index (Phi) is 2.94. The number of anilines is 1. The summed E-state index contributed by atoms with van der Waals surface area (Å²) in [6, 6.07) is 7.14. The average molecular weight is 167 g/mol. The second kappa shape index (κ2) is 3.97. The topological polar surface area (TPSA) is 55.5 Å². The van der Waals surface area contributed by atoms with Crippen molar-refractivity contribution in [3.63, 3.8) is 0 Å². The molecular weight excluding hydrogens is 154 g/mol. The van der Waals surface area contributed by atoms with Gasteiger partial charge in [0.1, 0.15) is 11.9 Å². The molecule has 1 unspecified atom stereocenters. The van der Waals surface area contributed by atoms with Gasteiger partial charge in [0.15, 0.2) is 0 Å². The van der Waals surface area contributed by atoms with Crippen LogP contribution in [-0.2, 0) is 0 Å². The lowest BCUT2D eigenvalue weighted by Gasteiger charge is -2.11. The van der Waals surface area contributed by atoms with Gasteiger partial charge in [0.05, 0.1) is 6.61 Å². The summed E-state index contributed by atoms with van der Waals surface area (Å²) in [5.74, 6) is 0.691. The van der Waals surface area contributed by atoms with E-state index in [1.165, 1.54) is 0 Å². The summed E-state index contributed by atoms with van der Waals surface area (Å²) in [5.41, 5.74) is 6.20. The lowest BCUT2D eigenvalue weighted by Crippen LogP contribution is -2.16. The van der Waals surface area contributed by atoms with Crippen molar-refractivity contribution in [2.45, 2.75) is 13.0 Å². The smallest absolute Gasteiger partial charge is 0.121 e. The number of aliphatic hydroxyl groups is 1. The molecule has 0 saturated heterocycles. The molecule has 0 aliphatic rings. The molecule has 0 heterocycles. The molecule has 0 fully saturated rings. The van der Waals surface area contributed by atoms with E-state index >= 15 is 0 Å². The van der Waals surface area contributed by atoms with Crippen molar-refractivity contribution in [2.24, 2.45) is 0 Å². The standard InChI is InChI=1S/C9H13NO2/c1-7(6-11)12-9-4-2-3-8(10)5-9/h2-5,7,11H,6,10H2,1H3. The van der Waals surface area contributed by atoms with Gasteiger partial charge in [-0.1, -0.05) is 6.07 Å². The highest BCUT2D eigenvalue weighted by Crippen LogP contribution is 2.15. The predicted octanol–water partition coefficient (Wildman–Crippen LogP) is 1.03. The van der Waals surface area contributed by atoms with Crippen LogP contribution in [0.15, 0.2) is 24.3 Å². The first-order valence-electron chi connectivity index (χ1n) is 3.85. The van der Waals surface area contributed by atoms with Gasteiger partial charge in [0.25, 0.3) is 0 Å². The number of hydrogen-bond acceptors (Lipinski definition) is 3. The number of aliphatic hydroxyl groups excluding tert-OH is 1. The summed E-state index contributed by atoms with van der Waals surface area (Å²) < 4.78 is 5.31. The Balaban J connectivity index is 2.63. The molecule has 0 aromatic heterocycles. The van der Waals surface area contributed by atoms with E-state index in [0.717, 1.165) is 0 Å². The summed E-state index contributed by atoms with van der Waals surface area (Å²) >= 11 is 0. The highest BCUT2D eigenvalue weighted by molar-refractivity contribution is 5.43. The summed E-state index contributed by atoms with van der Waals surface area (Å²) in [4.78, 5) is 0.